The number of nitrogens with two attached hydrogens (primary N) is 1. The summed E-state index contributed by atoms with van der Waals surface area (Å²) < 4.78 is 0. The number of hydrogen-bond acceptors (Lipinski definition) is 1. The maximum absolute atomic E-state index is 6.10. The van der Waals surface area contributed by atoms with E-state index in [4.69, 9.17) is 5.73 Å². The molecule has 2 aliphatic carbocycles. The van der Waals surface area contributed by atoms with Gasteiger partial charge in [-0.15, -0.1) is 0 Å². The SMILES string of the molecule is CC(C)=C1[C@H]2CC[C@@H]1c1c(N)cccc12. The van der Waals surface area contributed by atoms with Crippen LogP contribution in [0.1, 0.15) is 49.7 Å². The quantitative estimate of drug-likeness (QED) is 0.501. The van der Waals surface area contributed by atoms with Gasteiger partial charge in [0.1, 0.15) is 0 Å². The number of hydrogen-bond donors (Lipinski definition) is 1. The van der Waals surface area contributed by atoms with Crippen molar-refractivity contribution in [2.75, 3.05) is 5.73 Å². The molecule has 2 bridgehead atoms. The molecule has 78 valence electrons. The van der Waals surface area contributed by atoms with Crippen molar-refractivity contribution in [3.8, 4) is 0 Å². The van der Waals surface area contributed by atoms with Crippen molar-refractivity contribution >= 4 is 5.69 Å². The van der Waals surface area contributed by atoms with Gasteiger partial charge in [-0.25, -0.2) is 0 Å². The van der Waals surface area contributed by atoms with Gasteiger partial charge in [-0.05, 0) is 43.9 Å². The highest BCUT2D eigenvalue weighted by atomic mass is 14.6. The molecule has 1 aromatic rings. The molecule has 2 atom stereocenters. The monoisotopic (exact) mass is 199 g/mol. The van der Waals surface area contributed by atoms with Crippen LogP contribution in [0.2, 0.25) is 0 Å². The highest BCUT2D eigenvalue weighted by molar-refractivity contribution is 5.64. The van der Waals surface area contributed by atoms with Gasteiger partial charge in [0.05, 0.1) is 0 Å². The molecular formula is C14H17N. The van der Waals surface area contributed by atoms with Crippen LogP contribution < -0.4 is 5.73 Å². The molecule has 2 aliphatic rings. The highest BCUT2D eigenvalue weighted by Crippen LogP contribution is 2.59. The fraction of sp³-hybridized carbons (Fsp3) is 0.429. The number of rotatable bonds is 0. The van der Waals surface area contributed by atoms with E-state index in [-0.39, 0.29) is 0 Å². The summed E-state index contributed by atoms with van der Waals surface area (Å²) in [4.78, 5) is 0. The Morgan fingerprint density at radius 2 is 1.93 bits per heavy atom. The molecule has 15 heavy (non-hydrogen) atoms. The number of benzene rings is 1. The molecule has 0 amide bonds. The van der Waals surface area contributed by atoms with Crippen molar-refractivity contribution in [3.63, 3.8) is 0 Å². The molecule has 0 spiro atoms. The van der Waals surface area contributed by atoms with Crippen LogP contribution in [0.3, 0.4) is 0 Å². The minimum absolute atomic E-state index is 0.635. The van der Waals surface area contributed by atoms with Gasteiger partial charge < -0.3 is 5.73 Å². The first-order chi connectivity index (χ1) is 7.20. The molecule has 0 unspecified atom stereocenters. The zero-order valence-corrected chi connectivity index (χ0v) is 9.38. The first-order valence-electron chi connectivity index (χ1n) is 5.75. The van der Waals surface area contributed by atoms with Gasteiger partial charge >= 0.3 is 0 Å². The third-order valence-corrected chi connectivity index (χ3v) is 3.97. The van der Waals surface area contributed by atoms with E-state index in [0.717, 1.165) is 5.69 Å². The van der Waals surface area contributed by atoms with Crippen LogP contribution >= 0.6 is 0 Å². The number of nitrogen functional groups attached to an aromatic ring is 1. The molecule has 1 heteroatoms. The van der Waals surface area contributed by atoms with Crippen molar-refractivity contribution in [1.29, 1.82) is 0 Å². The second-order valence-corrected chi connectivity index (χ2v) is 4.99. The molecule has 1 nitrogen and oxygen atoms in total. The van der Waals surface area contributed by atoms with E-state index in [2.05, 4.69) is 26.0 Å². The molecule has 0 radical (unpaired) electrons. The first kappa shape index (κ1) is 9.02. The second-order valence-electron chi connectivity index (χ2n) is 4.99. The van der Waals surface area contributed by atoms with Crippen LogP contribution in [0.5, 0.6) is 0 Å². The smallest absolute Gasteiger partial charge is 0.0355 e. The third-order valence-electron chi connectivity index (χ3n) is 3.97. The molecular weight excluding hydrogens is 182 g/mol. The van der Waals surface area contributed by atoms with Gasteiger partial charge in [-0.1, -0.05) is 23.3 Å². The maximum Gasteiger partial charge on any atom is 0.0355 e. The predicted molar refractivity (Wildman–Crippen MR) is 63.9 cm³/mol. The topological polar surface area (TPSA) is 26.0 Å². The Morgan fingerprint density at radius 1 is 1.20 bits per heavy atom. The molecule has 0 aliphatic heterocycles. The lowest BCUT2D eigenvalue weighted by Gasteiger charge is -2.15. The lowest BCUT2D eigenvalue weighted by atomic mass is 9.91. The van der Waals surface area contributed by atoms with E-state index in [9.17, 15) is 0 Å². The standard InChI is InChI=1S/C14H17N/c1-8(2)13-10-6-7-11(13)14-9(10)4-3-5-12(14)15/h3-5,10-11H,6-7,15H2,1-2H3/t10-,11-/m0/s1. The summed E-state index contributed by atoms with van der Waals surface area (Å²) in [6.07, 6.45) is 2.62. The van der Waals surface area contributed by atoms with Gasteiger partial charge in [-0.3, -0.25) is 0 Å². The lowest BCUT2D eigenvalue weighted by Crippen LogP contribution is -2.01. The van der Waals surface area contributed by atoms with Gasteiger partial charge in [0, 0.05) is 17.5 Å². The van der Waals surface area contributed by atoms with Crippen LogP contribution in [-0.4, -0.2) is 0 Å². The lowest BCUT2D eigenvalue weighted by molar-refractivity contribution is 0.719. The molecule has 0 saturated heterocycles. The van der Waals surface area contributed by atoms with E-state index < -0.39 is 0 Å². The Morgan fingerprint density at radius 3 is 2.60 bits per heavy atom. The summed E-state index contributed by atoms with van der Waals surface area (Å²) in [6, 6.07) is 6.40. The van der Waals surface area contributed by atoms with Crippen LogP contribution in [-0.2, 0) is 0 Å². The van der Waals surface area contributed by atoms with E-state index in [0.29, 0.717) is 11.8 Å². The molecule has 1 fully saturated rings. The maximum atomic E-state index is 6.10. The minimum Gasteiger partial charge on any atom is -0.398 e. The molecule has 0 aromatic heterocycles. The summed E-state index contributed by atoms with van der Waals surface area (Å²) >= 11 is 0. The largest absolute Gasteiger partial charge is 0.398 e. The fourth-order valence-corrected chi connectivity index (χ4v) is 3.51. The van der Waals surface area contributed by atoms with E-state index >= 15 is 0 Å². The number of fused-ring (bicyclic) bond motifs is 5. The number of allylic oxidation sites excluding steroid dienone is 2. The minimum atomic E-state index is 0.635. The van der Waals surface area contributed by atoms with Crippen LogP contribution in [0.25, 0.3) is 0 Å². The van der Waals surface area contributed by atoms with Gasteiger partial charge in [0.25, 0.3) is 0 Å². The molecule has 3 rings (SSSR count). The van der Waals surface area contributed by atoms with Crippen LogP contribution in [0.15, 0.2) is 29.3 Å². The zero-order valence-electron chi connectivity index (χ0n) is 9.38. The van der Waals surface area contributed by atoms with E-state index in [1.165, 1.54) is 29.5 Å². The fourth-order valence-electron chi connectivity index (χ4n) is 3.51. The summed E-state index contributed by atoms with van der Waals surface area (Å²) in [5.41, 5.74) is 13.2. The Labute approximate surface area is 91.0 Å². The summed E-state index contributed by atoms with van der Waals surface area (Å²) in [7, 11) is 0. The first-order valence-corrected chi connectivity index (χ1v) is 5.75. The Balaban J connectivity index is 2.26. The van der Waals surface area contributed by atoms with Crippen molar-refractivity contribution < 1.29 is 0 Å². The zero-order chi connectivity index (χ0) is 10.6. The average Bonchev–Trinajstić information content (AvgIpc) is 2.73. The van der Waals surface area contributed by atoms with Crippen LogP contribution in [0.4, 0.5) is 5.69 Å². The highest BCUT2D eigenvalue weighted by Gasteiger charge is 2.42. The molecule has 0 heterocycles. The van der Waals surface area contributed by atoms with Crippen molar-refractivity contribution in [3.05, 3.63) is 40.5 Å². The summed E-state index contributed by atoms with van der Waals surface area (Å²) in [5.74, 6) is 1.31. The predicted octanol–water partition coefficient (Wildman–Crippen LogP) is 3.58. The van der Waals surface area contributed by atoms with Gasteiger partial charge in [-0.2, -0.15) is 0 Å². The Kier molecular flexibility index (Phi) is 1.73. The Bertz CT molecular complexity index is 452. The summed E-state index contributed by atoms with van der Waals surface area (Å²) in [5, 5.41) is 0. The Hall–Kier alpha value is -1.24. The average molecular weight is 199 g/mol. The summed E-state index contributed by atoms with van der Waals surface area (Å²) in [6.45, 7) is 4.48. The van der Waals surface area contributed by atoms with Crippen molar-refractivity contribution in [2.45, 2.75) is 38.5 Å². The molecule has 2 N–H and O–H groups in total. The third kappa shape index (κ3) is 1.04. The molecule has 1 saturated carbocycles. The second kappa shape index (κ2) is 2.88. The number of anilines is 1. The van der Waals surface area contributed by atoms with Crippen molar-refractivity contribution in [2.24, 2.45) is 0 Å². The van der Waals surface area contributed by atoms with Gasteiger partial charge in [0.15, 0.2) is 0 Å². The molecule has 1 aromatic carbocycles. The van der Waals surface area contributed by atoms with Crippen LogP contribution in [0, 0.1) is 0 Å². The van der Waals surface area contributed by atoms with Crippen molar-refractivity contribution in [1.82, 2.24) is 0 Å². The van der Waals surface area contributed by atoms with E-state index in [1.807, 2.05) is 6.07 Å². The normalized spacial score (nSPS) is 26.9. The van der Waals surface area contributed by atoms with Gasteiger partial charge in [0.2, 0.25) is 0 Å². The van der Waals surface area contributed by atoms with E-state index in [1.54, 1.807) is 5.57 Å².